The zero-order valence-corrected chi connectivity index (χ0v) is 11.4. The molecule has 0 saturated heterocycles. The van der Waals surface area contributed by atoms with E-state index in [0.717, 1.165) is 10.8 Å². The second-order valence-corrected chi connectivity index (χ2v) is 5.42. The fourth-order valence-electron chi connectivity index (χ4n) is 1.66. The average Bonchev–Trinajstić information content (AvgIpc) is 2.48. The third-order valence-corrected chi connectivity index (χ3v) is 3.45. The lowest BCUT2D eigenvalue weighted by Gasteiger charge is -2.07. The Labute approximate surface area is 117 Å². The van der Waals surface area contributed by atoms with Crippen LogP contribution in [0.3, 0.4) is 0 Å². The predicted octanol–water partition coefficient (Wildman–Crippen LogP) is 2.24. The molecule has 0 aliphatic carbocycles. The third kappa shape index (κ3) is 3.88. The van der Waals surface area contributed by atoms with Crippen molar-refractivity contribution in [3.8, 4) is 0 Å². The minimum absolute atomic E-state index is 0.184. The second-order valence-electron chi connectivity index (χ2n) is 4.04. The molecule has 5 heteroatoms. The van der Waals surface area contributed by atoms with Crippen LogP contribution < -0.4 is 4.98 Å². The van der Waals surface area contributed by atoms with Crippen LogP contribution in [0.25, 0.3) is 10.8 Å². The molecule has 0 fully saturated rings. The molecule has 0 atom stereocenters. The molecule has 1 aromatic heterocycles. The van der Waals surface area contributed by atoms with Crippen molar-refractivity contribution >= 4 is 20.9 Å². The largest absolute Gasteiger partial charge is 0.744 e. The number of aromatic nitrogens is 1. The lowest BCUT2D eigenvalue weighted by molar-refractivity contribution is -0.377. The van der Waals surface area contributed by atoms with Crippen molar-refractivity contribution in [2.24, 2.45) is 0 Å². The molecule has 0 unspecified atom stereocenters. The summed E-state index contributed by atoms with van der Waals surface area (Å²) in [4.78, 5) is 2.71. The van der Waals surface area contributed by atoms with E-state index in [9.17, 15) is 13.0 Å². The molecule has 0 radical (unpaired) electrons. The van der Waals surface area contributed by atoms with Crippen LogP contribution in [0.2, 0.25) is 0 Å². The quantitative estimate of drug-likeness (QED) is 0.644. The summed E-state index contributed by atoms with van der Waals surface area (Å²) in [6, 6.07) is 17.5. The Bertz CT molecular complexity index is 760. The molecule has 1 heterocycles. The number of aromatic amines is 1. The molecule has 102 valence electrons. The normalized spacial score (nSPS) is 10.7. The molecule has 0 saturated carbocycles. The van der Waals surface area contributed by atoms with Gasteiger partial charge in [0.1, 0.15) is 10.1 Å². The highest BCUT2D eigenvalue weighted by molar-refractivity contribution is 7.85. The number of benzene rings is 2. The SMILES string of the molecule is O=S(=O)([O-])c1ccc2ccccc2c1.c1cc[nH+]cc1. The van der Waals surface area contributed by atoms with Gasteiger partial charge in [-0.25, -0.2) is 13.4 Å². The van der Waals surface area contributed by atoms with E-state index in [1.807, 2.05) is 42.7 Å². The maximum atomic E-state index is 10.7. The Morgan fingerprint density at radius 3 is 1.95 bits per heavy atom. The van der Waals surface area contributed by atoms with Crippen molar-refractivity contribution in [1.82, 2.24) is 0 Å². The number of fused-ring (bicyclic) bond motifs is 1. The molecular formula is C15H13NO3S. The van der Waals surface area contributed by atoms with Crippen molar-refractivity contribution in [1.29, 1.82) is 0 Å². The van der Waals surface area contributed by atoms with Gasteiger partial charge >= 0.3 is 0 Å². The summed E-state index contributed by atoms with van der Waals surface area (Å²) in [6.07, 6.45) is 3.75. The average molecular weight is 287 g/mol. The first-order valence-electron chi connectivity index (χ1n) is 5.93. The third-order valence-electron chi connectivity index (χ3n) is 2.62. The van der Waals surface area contributed by atoms with Crippen LogP contribution in [0.15, 0.2) is 78.0 Å². The minimum atomic E-state index is -4.34. The van der Waals surface area contributed by atoms with Crippen LogP contribution in [0, 0.1) is 0 Å². The second kappa shape index (κ2) is 6.27. The van der Waals surface area contributed by atoms with Crippen molar-refractivity contribution in [2.75, 3.05) is 0 Å². The maximum Gasteiger partial charge on any atom is 0.166 e. The van der Waals surface area contributed by atoms with E-state index in [1.54, 1.807) is 18.2 Å². The van der Waals surface area contributed by atoms with Gasteiger partial charge in [0, 0.05) is 12.1 Å². The first-order chi connectivity index (χ1) is 9.57. The van der Waals surface area contributed by atoms with Crippen molar-refractivity contribution in [2.45, 2.75) is 4.90 Å². The molecule has 0 bridgehead atoms. The highest BCUT2D eigenvalue weighted by Gasteiger charge is 2.01. The minimum Gasteiger partial charge on any atom is -0.744 e. The number of nitrogens with one attached hydrogen (secondary N) is 1. The zero-order valence-electron chi connectivity index (χ0n) is 10.6. The Hall–Kier alpha value is -2.24. The number of hydrogen-bond acceptors (Lipinski definition) is 3. The molecule has 0 aliphatic heterocycles. The first kappa shape index (κ1) is 14.2. The van der Waals surface area contributed by atoms with Gasteiger partial charge in [0.05, 0.1) is 4.90 Å². The van der Waals surface area contributed by atoms with Gasteiger partial charge in [-0.1, -0.05) is 36.4 Å². The highest BCUT2D eigenvalue weighted by atomic mass is 32.2. The van der Waals surface area contributed by atoms with Crippen LogP contribution in [0.1, 0.15) is 0 Å². The Morgan fingerprint density at radius 1 is 0.800 bits per heavy atom. The topological polar surface area (TPSA) is 71.3 Å². The summed E-state index contributed by atoms with van der Waals surface area (Å²) >= 11 is 0. The molecule has 3 aromatic rings. The Kier molecular flexibility index (Phi) is 4.45. The zero-order chi connectivity index (χ0) is 14.4. The van der Waals surface area contributed by atoms with E-state index in [-0.39, 0.29) is 4.90 Å². The van der Waals surface area contributed by atoms with Crippen molar-refractivity contribution in [3.63, 3.8) is 0 Å². The standard InChI is InChI=1S/C10H8O3S.C5H5N/c11-14(12,13)10-6-5-8-3-1-2-4-9(8)7-10;1-2-4-6-5-3-1/h1-7H,(H,11,12,13);1-5H. The smallest absolute Gasteiger partial charge is 0.166 e. The molecule has 1 N–H and O–H groups in total. The van der Waals surface area contributed by atoms with Crippen LogP contribution in [-0.4, -0.2) is 13.0 Å². The van der Waals surface area contributed by atoms with E-state index >= 15 is 0 Å². The number of H-pyrrole nitrogens is 1. The van der Waals surface area contributed by atoms with E-state index in [4.69, 9.17) is 0 Å². The van der Waals surface area contributed by atoms with Gasteiger partial charge in [-0.2, -0.15) is 0 Å². The molecule has 3 rings (SSSR count). The predicted molar refractivity (Wildman–Crippen MR) is 74.9 cm³/mol. The van der Waals surface area contributed by atoms with Crippen LogP contribution >= 0.6 is 0 Å². The molecule has 0 amide bonds. The summed E-state index contributed by atoms with van der Waals surface area (Å²) < 4.78 is 32.2. The maximum absolute atomic E-state index is 10.7. The summed E-state index contributed by atoms with van der Waals surface area (Å²) in [5, 5.41) is 1.67. The summed E-state index contributed by atoms with van der Waals surface area (Å²) in [7, 11) is -4.34. The molecule has 2 aromatic carbocycles. The lowest BCUT2D eigenvalue weighted by Crippen LogP contribution is -1.97. The number of pyridine rings is 1. The van der Waals surface area contributed by atoms with Gasteiger partial charge in [0.15, 0.2) is 12.4 Å². The monoisotopic (exact) mass is 287 g/mol. The fourth-order valence-corrected chi connectivity index (χ4v) is 2.17. The first-order valence-corrected chi connectivity index (χ1v) is 7.34. The van der Waals surface area contributed by atoms with Gasteiger partial charge < -0.3 is 4.55 Å². The molecule has 0 aliphatic rings. The molecular weight excluding hydrogens is 274 g/mol. The van der Waals surface area contributed by atoms with Gasteiger partial charge in [0.25, 0.3) is 0 Å². The molecule has 4 nitrogen and oxygen atoms in total. The Balaban J connectivity index is 0.000000205. The number of hydrogen-bond donors (Lipinski definition) is 0. The van der Waals surface area contributed by atoms with Crippen LogP contribution in [-0.2, 0) is 10.1 Å². The lowest BCUT2D eigenvalue weighted by atomic mass is 10.1. The van der Waals surface area contributed by atoms with Crippen LogP contribution in [0.4, 0.5) is 0 Å². The van der Waals surface area contributed by atoms with Crippen LogP contribution in [0.5, 0.6) is 0 Å². The fraction of sp³-hybridized carbons (Fsp3) is 0. The van der Waals surface area contributed by atoms with Gasteiger partial charge in [0.2, 0.25) is 0 Å². The van der Waals surface area contributed by atoms with Gasteiger partial charge in [-0.15, -0.1) is 0 Å². The van der Waals surface area contributed by atoms with E-state index in [0.29, 0.717) is 0 Å². The van der Waals surface area contributed by atoms with E-state index in [1.165, 1.54) is 12.1 Å². The summed E-state index contributed by atoms with van der Waals surface area (Å²) in [6.45, 7) is 0. The highest BCUT2D eigenvalue weighted by Crippen LogP contribution is 2.18. The molecule has 20 heavy (non-hydrogen) atoms. The number of rotatable bonds is 1. The van der Waals surface area contributed by atoms with Gasteiger partial charge in [-0.3, -0.25) is 0 Å². The van der Waals surface area contributed by atoms with Gasteiger partial charge in [-0.05, 0) is 22.9 Å². The van der Waals surface area contributed by atoms with E-state index in [2.05, 4.69) is 4.98 Å². The Morgan fingerprint density at radius 2 is 1.45 bits per heavy atom. The summed E-state index contributed by atoms with van der Waals surface area (Å²) in [5.74, 6) is 0. The van der Waals surface area contributed by atoms with E-state index < -0.39 is 10.1 Å². The summed E-state index contributed by atoms with van der Waals surface area (Å²) in [5.41, 5.74) is 0. The molecule has 0 spiro atoms. The van der Waals surface area contributed by atoms with Crippen molar-refractivity contribution < 1.29 is 18.0 Å². The van der Waals surface area contributed by atoms with Crippen molar-refractivity contribution in [3.05, 3.63) is 73.1 Å².